The Morgan fingerprint density at radius 3 is 2.59 bits per heavy atom. The van der Waals surface area contributed by atoms with Crippen LogP contribution in [0.5, 0.6) is 11.5 Å². The zero-order valence-electron chi connectivity index (χ0n) is 12.9. The Balaban J connectivity index is 2.18. The van der Waals surface area contributed by atoms with Crippen molar-refractivity contribution in [2.24, 2.45) is 5.92 Å². The number of esters is 1. The van der Waals surface area contributed by atoms with Crippen LogP contribution >= 0.6 is 0 Å². The predicted molar refractivity (Wildman–Crippen MR) is 86.6 cm³/mol. The molecule has 0 saturated carbocycles. The summed E-state index contributed by atoms with van der Waals surface area (Å²) in [5.74, 6) is 0.483. The minimum absolute atomic E-state index is 0.187. The molecule has 0 radical (unpaired) electrons. The number of rotatable bonds is 5. The number of ether oxygens (including phenoxy) is 2. The molecular weight excluding hydrogens is 278 g/mol. The van der Waals surface area contributed by atoms with Gasteiger partial charge in [-0.2, -0.15) is 0 Å². The van der Waals surface area contributed by atoms with E-state index in [-0.39, 0.29) is 11.9 Å². The Kier molecular flexibility index (Phi) is 5.31. The van der Waals surface area contributed by atoms with Crippen molar-refractivity contribution in [3.05, 3.63) is 53.9 Å². The van der Waals surface area contributed by atoms with Gasteiger partial charge in [0.1, 0.15) is 0 Å². The van der Waals surface area contributed by atoms with Gasteiger partial charge in [-0.15, -0.1) is 0 Å². The molecule has 1 aromatic heterocycles. The third-order valence-corrected chi connectivity index (χ3v) is 3.00. The lowest BCUT2D eigenvalue weighted by atomic mass is 10.1. The third kappa shape index (κ3) is 4.19. The SMILES string of the molecule is COc1cc(/C=C/c2ccccn2)ccc1OC(=O)C(C)C. The van der Waals surface area contributed by atoms with E-state index in [0.29, 0.717) is 11.5 Å². The van der Waals surface area contributed by atoms with Crippen LogP contribution in [0.1, 0.15) is 25.1 Å². The maximum Gasteiger partial charge on any atom is 0.313 e. The van der Waals surface area contributed by atoms with Crippen molar-refractivity contribution in [1.29, 1.82) is 0 Å². The second-order valence-electron chi connectivity index (χ2n) is 5.07. The minimum Gasteiger partial charge on any atom is -0.493 e. The van der Waals surface area contributed by atoms with Gasteiger partial charge in [-0.1, -0.05) is 32.1 Å². The first-order valence-electron chi connectivity index (χ1n) is 7.09. The van der Waals surface area contributed by atoms with Crippen LogP contribution in [0.2, 0.25) is 0 Å². The largest absolute Gasteiger partial charge is 0.493 e. The van der Waals surface area contributed by atoms with Crippen molar-refractivity contribution < 1.29 is 14.3 Å². The van der Waals surface area contributed by atoms with E-state index >= 15 is 0 Å². The fourth-order valence-electron chi connectivity index (χ4n) is 1.75. The molecule has 0 unspecified atom stereocenters. The number of aromatic nitrogens is 1. The molecule has 114 valence electrons. The lowest BCUT2D eigenvalue weighted by Crippen LogP contribution is -2.15. The van der Waals surface area contributed by atoms with Crippen LogP contribution in [-0.2, 0) is 4.79 Å². The number of benzene rings is 1. The normalized spacial score (nSPS) is 10.9. The first-order chi connectivity index (χ1) is 10.6. The van der Waals surface area contributed by atoms with Crippen molar-refractivity contribution in [2.75, 3.05) is 7.11 Å². The number of hydrogen-bond donors (Lipinski definition) is 0. The van der Waals surface area contributed by atoms with E-state index in [0.717, 1.165) is 11.3 Å². The summed E-state index contributed by atoms with van der Waals surface area (Å²) in [6.45, 7) is 3.58. The van der Waals surface area contributed by atoms with E-state index in [2.05, 4.69) is 4.98 Å². The molecule has 0 saturated heterocycles. The summed E-state index contributed by atoms with van der Waals surface area (Å²) in [5.41, 5.74) is 1.81. The monoisotopic (exact) mass is 297 g/mol. The average Bonchev–Trinajstić information content (AvgIpc) is 2.54. The van der Waals surface area contributed by atoms with Crippen LogP contribution in [0, 0.1) is 5.92 Å². The summed E-state index contributed by atoms with van der Waals surface area (Å²) in [6, 6.07) is 11.1. The Labute approximate surface area is 130 Å². The number of carbonyl (C=O) groups excluding carboxylic acids is 1. The zero-order chi connectivity index (χ0) is 15.9. The van der Waals surface area contributed by atoms with Gasteiger partial charge >= 0.3 is 5.97 Å². The highest BCUT2D eigenvalue weighted by molar-refractivity contribution is 5.76. The Bertz CT molecular complexity index is 663. The van der Waals surface area contributed by atoms with Gasteiger partial charge in [0.2, 0.25) is 0 Å². The van der Waals surface area contributed by atoms with Gasteiger partial charge in [0, 0.05) is 6.20 Å². The maximum atomic E-state index is 11.7. The lowest BCUT2D eigenvalue weighted by Gasteiger charge is -2.11. The predicted octanol–water partition coefficient (Wildman–Crippen LogP) is 3.82. The summed E-state index contributed by atoms with van der Waals surface area (Å²) in [4.78, 5) is 15.9. The molecule has 2 aromatic rings. The number of pyridine rings is 1. The van der Waals surface area contributed by atoms with E-state index in [1.54, 1.807) is 33.2 Å². The first-order valence-corrected chi connectivity index (χ1v) is 7.09. The summed E-state index contributed by atoms with van der Waals surface area (Å²) in [6.07, 6.45) is 5.59. The van der Waals surface area contributed by atoms with Crippen molar-refractivity contribution >= 4 is 18.1 Å². The Hall–Kier alpha value is -2.62. The molecule has 0 amide bonds. The summed E-state index contributed by atoms with van der Waals surface area (Å²) in [5, 5.41) is 0. The van der Waals surface area contributed by atoms with Gasteiger partial charge in [0.05, 0.1) is 18.7 Å². The first kappa shape index (κ1) is 15.8. The van der Waals surface area contributed by atoms with Crippen LogP contribution in [0.4, 0.5) is 0 Å². The highest BCUT2D eigenvalue weighted by Crippen LogP contribution is 2.29. The summed E-state index contributed by atoms with van der Waals surface area (Å²) < 4.78 is 10.6. The molecule has 0 aliphatic rings. The van der Waals surface area contributed by atoms with Gasteiger partial charge in [0.15, 0.2) is 11.5 Å². The van der Waals surface area contributed by atoms with Crippen LogP contribution in [-0.4, -0.2) is 18.1 Å². The summed E-state index contributed by atoms with van der Waals surface area (Å²) in [7, 11) is 1.55. The number of methoxy groups -OCH3 is 1. The smallest absolute Gasteiger partial charge is 0.313 e. The van der Waals surface area contributed by atoms with Gasteiger partial charge in [-0.05, 0) is 35.9 Å². The molecule has 0 spiro atoms. The van der Waals surface area contributed by atoms with E-state index in [9.17, 15) is 4.79 Å². The molecule has 0 fully saturated rings. The molecule has 0 bridgehead atoms. The van der Waals surface area contributed by atoms with Gasteiger partial charge in [0.25, 0.3) is 0 Å². The molecule has 2 rings (SSSR count). The van der Waals surface area contributed by atoms with E-state index in [1.165, 1.54) is 0 Å². The van der Waals surface area contributed by atoms with Gasteiger partial charge in [-0.3, -0.25) is 9.78 Å². The highest BCUT2D eigenvalue weighted by Gasteiger charge is 2.13. The highest BCUT2D eigenvalue weighted by atomic mass is 16.6. The Morgan fingerprint density at radius 2 is 1.95 bits per heavy atom. The topological polar surface area (TPSA) is 48.4 Å². The molecule has 0 N–H and O–H groups in total. The van der Waals surface area contributed by atoms with Gasteiger partial charge in [-0.25, -0.2) is 0 Å². The second kappa shape index (κ2) is 7.41. The number of carbonyl (C=O) groups is 1. The van der Waals surface area contributed by atoms with Crippen molar-refractivity contribution in [3.8, 4) is 11.5 Å². The number of nitrogens with zero attached hydrogens (tertiary/aromatic N) is 1. The van der Waals surface area contributed by atoms with Gasteiger partial charge < -0.3 is 9.47 Å². The number of hydrogen-bond acceptors (Lipinski definition) is 4. The maximum absolute atomic E-state index is 11.7. The van der Waals surface area contributed by atoms with Crippen LogP contribution in [0.25, 0.3) is 12.2 Å². The minimum atomic E-state index is -0.282. The molecule has 4 nitrogen and oxygen atoms in total. The molecule has 0 aliphatic heterocycles. The fraction of sp³-hybridized carbons (Fsp3) is 0.222. The summed E-state index contributed by atoms with van der Waals surface area (Å²) >= 11 is 0. The third-order valence-electron chi connectivity index (χ3n) is 3.00. The average molecular weight is 297 g/mol. The van der Waals surface area contributed by atoms with E-state index in [1.807, 2.05) is 42.5 Å². The Morgan fingerprint density at radius 1 is 1.14 bits per heavy atom. The van der Waals surface area contributed by atoms with Crippen molar-refractivity contribution in [2.45, 2.75) is 13.8 Å². The van der Waals surface area contributed by atoms with E-state index in [4.69, 9.17) is 9.47 Å². The van der Waals surface area contributed by atoms with Crippen LogP contribution in [0.15, 0.2) is 42.6 Å². The molecule has 1 heterocycles. The molecule has 0 atom stereocenters. The van der Waals surface area contributed by atoms with E-state index < -0.39 is 0 Å². The lowest BCUT2D eigenvalue weighted by molar-refractivity contribution is -0.137. The molecular formula is C18H19NO3. The quantitative estimate of drug-likeness (QED) is 0.622. The second-order valence-corrected chi connectivity index (χ2v) is 5.07. The van der Waals surface area contributed by atoms with Crippen molar-refractivity contribution in [3.63, 3.8) is 0 Å². The van der Waals surface area contributed by atoms with Crippen LogP contribution in [0.3, 0.4) is 0 Å². The standard InChI is InChI=1S/C18H19NO3/c1-13(2)18(20)22-16-10-8-14(12-17(16)21-3)7-9-15-6-4-5-11-19-15/h4-13H,1-3H3/b9-7+. The molecule has 0 aliphatic carbocycles. The zero-order valence-corrected chi connectivity index (χ0v) is 12.9. The van der Waals surface area contributed by atoms with Crippen molar-refractivity contribution in [1.82, 2.24) is 4.98 Å². The fourth-order valence-corrected chi connectivity index (χ4v) is 1.75. The molecule has 1 aromatic carbocycles. The molecule has 22 heavy (non-hydrogen) atoms. The molecule has 4 heteroatoms. The van der Waals surface area contributed by atoms with Crippen LogP contribution < -0.4 is 9.47 Å².